The van der Waals surface area contributed by atoms with Crippen molar-refractivity contribution in [2.75, 3.05) is 114 Å². The van der Waals surface area contributed by atoms with Crippen LogP contribution in [0.5, 0.6) is 0 Å². The molecule has 4 atom stereocenters. The summed E-state index contributed by atoms with van der Waals surface area (Å²) in [6.07, 6.45) is 3.35. The molecular formula is C51H97N9O8. The lowest BCUT2D eigenvalue weighted by Crippen LogP contribution is -2.41. The first-order valence-corrected chi connectivity index (χ1v) is 25.7. The lowest BCUT2D eigenvalue weighted by Gasteiger charge is -2.23. The summed E-state index contributed by atoms with van der Waals surface area (Å²) >= 11 is 0. The van der Waals surface area contributed by atoms with E-state index in [4.69, 9.17) is 0 Å². The third-order valence-electron chi connectivity index (χ3n) is 12.1. The van der Waals surface area contributed by atoms with E-state index in [1.165, 1.54) is 0 Å². The Hall–Kier alpha value is -3.80. The summed E-state index contributed by atoms with van der Waals surface area (Å²) in [5, 5.41) is 14.5. The Balaban J connectivity index is 6.50. The lowest BCUT2D eigenvalue weighted by molar-refractivity contribution is -0.137. The molecule has 0 spiro atoms. The molecule has 0 radical (unpaired) electrons. The molecule has 0 aliphatic rings. The minimum atomic E-state index is -1.16. The van der Waals surface area contributed by atoms with Crippen molar-refractivity contribution in [1.82, 2.24) is 46.2 Å². The van der Waals surface area contributed by atoms with E-state index in [0.717, 1.165) is 64.7 Å². The predicted octanol–water partition coefficient (Wildman–Crippen LogP) is 3.54. The van der Waals surface area contributed by atoms with E-state index in [1.54, 1.807) is 0 Å². The molecule has 4 unspecified atom stereocenters. The van der Waals surface area contributed by atoms with E-state index in [2.05, 4.69) is 73.9 Å². The fraction of sp³-hybridized carbons (Fsp3) is 0.843. The summed E-state index contributed by atoms with van der Waals surface area (Å²) in [4.78, 5) is 117. The first-order valence-electron chi connectivity index (χ1n) is 25.7. The Bertz CT molecular complexity index is 1490. The fourth-order valence-electron chi connectivity index (χ4n) is 7.51. The van der Waals surface area contributed by atoms with Crippen LogP contribution in [0.15, 0.2) is 0 Å². The van der Waals surface area contributed by atoms with E-state index >= 15 is 0 Å². The Labute approximate surface area is 411 Å². The number of hydrogen-bond acceptors (Lipinski definition) is 12. The quantitative estimate of drug-likeness (QED) is 0.0557. The topological polar surface area (TPSA) is 210 Å². The third kappa shape index (κ3) is 33.7. The number of carbonyl (C=O) groups excluding carboxylic acids is 8. The number of carbonyl (C=O) groups is 8. The van der Waals surface area contributed by atoms with Gasteiger partial charge in [-0.25, -0.2) is 0 Å². The number of hydrogen-bond donors (Lipinski definition) is 5. The number of unbranched alkanes of at least 4 members (excludes halogenated alkanes) is 1. The maximum absolute atomic E-state index is 14.4. The van der Waals surface area contributed by atoms with Crippen LogP contribution in [-0.4, -0.2) is 181 Å². The van der Waals surface area contributed by atoms with Crippen molar-refractivity contribution in [2.24, 2.45) is 35.5 Å². The van der Waals surface area contributed by atoms with Gasteiger partial charge in [-0.2, -0.15) is 0 Å². The van der Waals surface area contributed by atoms with Gasteiger partial charge in [0.2, 0.25) is 29.5 Å². The van der Waals surface area contributed by atoms with E-state index in [-0.39, 0.29) is 62.7 Å². The molecule has 17 nitrogen and oxygen atoms in total. The van der Waals surface area contributed by atoms with Crippen LogP contribution in [0.25, 0.3) is 0 Å². The van der Waals surface area contributed by atoms with E-state index in [9.17, 15) is 38.4 Å². The van der Waals surface area contributed by atoms with E-state index < -0.39 is 59.4 Å². The smallest absolute Gasteiger partial charge is 0.224 e. The van der Waals surface area contributed by atoms with Crippen LogP contribution >= 0.6 is 0 Å². The van der Waals surface area contributed by atoms with Crippen LogP contribution in [0.2, 0.25) is 0 Å². The molecule has 0 saturated carbocycles. The summed E-state index contributed by atoms with van der Waals surface area (Å²) in [7, 11) is 11.8. The molecule has 0 aliphatic carbocycles. The van der Waals surface area contributed by atoms with Crippen molar-refractivity contribution in [3.8, 4) is 0 Å². The molecule has 5 amide bonds. The van der Waals surface area contributed by atoms with E-state index in [0.29, 0.717) is 57.5 Å². The zero-order valence-electron chi connectivity index (χ0n) is 44.7. The Kier molecular flexibility index (Phi) is 35.9. The molecule has 0 rings (SSSR count). The molecule has 0 aromatic rings. The molecule has 0 aromatic carbocycles. The maximum Gasteiger partial charge on any atom is 0.224 e. The molecule has 68 heavy (non-hydrogen) atoms. The highest BCUT2D eigenvalue weighted by atomic mass is 16.2. The van der Waals surface area contributed by atoms with Crippen molar-refractivity contribution in [1.29, 1.82) is 0 Å². The SMILES string of the molecule is CCCCNC(=O)C(CC(=O)CC(CC(=O)C(CC(=O)CC(CC)C(=O)NCCCC(C)C)CC(=O)NCCCC(C)C)C(=O)NCCN(C)CCN(C)C)CC(=O)NCCN(C)CCN(C)C. The van der Waals surface area contributed by atoms with Gasteiger partial charge in [-0.05, 0) is 92.6 Å². The van der Waals surface area contributed by atoms with Gasteiger partial charge >= 0.3 is 0 Å². The summed E-state index contributed by atoms with van der Waals surface area (Å²) in [5.41, 5.74) is 0. The average molecular weight is 964 g/mol. The van der Waals surface area contributed by atoms with Gasteiger partial charge in [-0.1, -0.05) is 48.0 Å². The molecule has 0 aromatic heterocycles. The fourth-order valence-corrected chi connectivity index (χ4v) is 7.51. The minimum Gasteiger partial charge on any atom is -0.356 e. The van der Waals surface area contributed by atoms with Gasteiger partial charge in [0, 0.05) is 129 Å². The monoisotopic (exact) mass is 964 g/mol. The highest BCUT2D eigenvalue weighted by molar-refractivity contribution is 5.97. The third-order valence-corrected chi connectivity index (χ3v) is 12.1. The number of ketones is 3. The second-order valence-corrected chi connectivity index (χ2v) is 20.4. The molecule has 0 aliphatic heterocycles. The van der Waals surface area contributed by atoms with Crippen LogP contribution in [0, 0.1) is 35.5 Å². The van der Waals surface area contributed by atoms with Gasteiger partial charge in [-0.15, -0.1) is 0 Å². The van der Waals surface area contributed by atoms with Gasteiger partial charge in [0.15, 0.2) is 0 Å². The number of likely N-dealkylation sites (N-methyl/N-ethyl adjacent to an activating group) is 4. The van der Waals surface area contributed by atoms with E-state index in [1.807, 2.05) is 56.1 Å². The molecule has 0 fully saturated rings. The van der Waals surface area contributed by atoms with Gasteiger partial charge < -0.3 is 46.2 Å². The molecule has 0 bridgehead atoms. The second kappa shape index (κ2) is 38.0. The first kappa shape index (κ1) is 64.2. The van der Waals surface area contributed by atoms with Gasteiger partial charge in [-0.3, -0.25) is 38.4 Å². The predicted molar refractivity (Wildman–Crippen MR) is 272 cm³/mol. The minimum absolute atomic E-state index is 0.0987. The molecule has 394 valence electrons. The lowest BCUT2D eigenvalue weighted by atomic mass is 9.83. The second-order valence-electron chi connectivity index (χ2n) is 20.4. The average Bonchev–Trinajstić information content (AvgIpc) is 3.26. The summed E-state index contributed by atoms with van der Waals surface area (Å²) < 4.78 is 0. The number of nitrogens with zero attached hydrogens (tertiary/aromatic N) is 4. The summed E-state index contributed by atoms with van der Waals surface area (Å²) in [6.45, 7) is 18.5. The Morgan fingerprint density at radius 2 is 0.765 bits per heavy atom. The molecule has 0 heterocycles. The Morgan fingerprint density at radius 3 is 1.22 bits per heavy atom. The van der Waals surface area contributed by atoms with Crippen molar-refractivity contribution >= 4 is 46.9 Å². The van der Waals surface area contributed by atoms with Crippen molar-refractivity contribution in [3.05, 3.63) is 0 Å². The van der Waals surface area contributed by atoms with Gasteiger partial charge in [0.05, 0.1) is 11.8 Å². The van der Waals surface area contributed by atoms with Crippen molar-refractivity contribution in [3.63, 3.8) is 0 Å². The molecular weight excluding hydrogens is 867 g/mol. The number of nitrogens with one attached hydrogen (secondary N) is 5. The number of amides is 5. The first-order chi connectivity index (χ1) is 32.1. The highest BCUT2D eigenvalue weighted by Crippen LogP contribution is 2.24. The van der Waals surface area contributed by atoms with Gasteiger partial charge in [0.1, 0.15) is 17.3 Å². The van der Waals surface area contributed by atoms with Crippen molar-refractivity contribution in [2.45, 2.75) is 131 Å². The summed E-state index contributed by atoms with van der Waals surface area (Å²) in [6, 6.07) is 0. The number of rotatable bonds is 42. The van der Waals surface area contributed by atoms with Crippen LogP contribution in [0.1, 0.15) is 131 Å². The maximum atomic E-state index is 14.4. The van der Waals surface area contributed by atoms with Crippen LogP contribution in [0.4, 0.5) is 0 Å². The van der Waals surface area contributed by atoms with Gasteiger partial charge in [0.25, 0.3) is 0 Å². The standard InChI is InChI=1S/C51H97N9O8/c1-13-15-20-54-51(68)43(37-48(65)53-23-25-59(11)29-27-57(7)8)34-45(62)33-42(50(67)56-24-26-60(12)30-28-58(9)10)35-46(63)41(36-47(64)52-21-16-18-38(3)4)32-44(61)31-40(14-2)49(66)55-22-17-19-39(5)6/h38-43H,13-37H2,1-12H3,(H,52,64)(H,53,65)(H,54,68)(H,55,66)(H,56,67). The number of Topliss-reactive ketones (excluding diaryl/α,β-unsaturated/α-hetero) is 3. The largest absolute Gasteiger partial charge is 0.356 e. The molecule has 5 N–H and O–H groups in total. The molecule has 17 heteroatoms. The van der Waals surface area contributed by atoms with Crippen LogP contribution in [0.3, 0.4) is 0 Å². The summed E-state index contributed by atoms with van der Waals surface area (Å²) in [5.74, 6) is -6.19. The Morgan fingerprint density at radius 1 is 0.397 bits per heavy atom. The normalized spacial score (nSPS) is 13.4. The van der Waals surface area contributed by atoms with Crippen LogP contribution in [-0.2, 0) is 38.4 Å². The van der Waals surface area contributed by atoms with Crippen LogP contribution < -0.4 is 26.6 Å². The zero-order valence-corrected chi connectivity index (χ0v) is 44.7. The zero-order chi connectivity index (χ0) is 51.6. The van der Waals surface area contributed by atoms with Crippen molar-refractivity contribution < 1.29 is 38.4 Å². The highest BCUT2D eigenvalue weighted by Gasteiger charge is 2.33. The molecule has 0 saturated heterocycles.